The number of nitrogens with zero attached hydrogens (tertiary/aromatic N) is 3. The molecule has 11 heteroatoms. The van der Waals surface area contributed by atoms with Crippen LogP contribution in [0.15, 0.2) is 17.5 Å². The Hall–Kier alpha value is -2.14. The van der Waals surface area contributed by atoms with E-state index >= 15 is 0 Å². The summed E-state index contributed by atoms with van der Waals surface area (Å²) < 4.78 is 31.7. The zero-order valence-electron chi connectivity index (χ0n) is 16.2. The Morgan fingerprint density at radius 2 is 1.97 bits per heavy atom. The van der Waals surface area contributed by atoms with Gasteiger partial charge in [-0.25, -0.2) is 4.79 Å². The van der Waals surface area contributed by atoms with Crippen LogP contribution >= 0.6 is 11.3 Å². The Balaban J connectivity index is 0.000000370. The number of halogens is 3. The Bertz CT molecular complexity index is 724. The quantitative estimate of drug-likeness (QED) is 0.780. The van der Waals surface area contributed by atoms with Crippen LogP contribution in [0.1, 0.15) is 11.3 Å². The molecule has 2 atom stereocenters. The number of carbonyl (C=O) groups is 3. The molecule has 3 heterocycles. The van der Waals surface area contributed by atoms with E-state index in [1.165, 1.54) is 4.88 Å². The first-order chi connectivity index (χ1) is 13.5. The summed E-state index contributed by atoms with van der Waals surface area (Å²) in [6.07, 6.45) is -4.07. The standard InChI is InChI=1S/C16H23N3O2S.C2HF3O2/c1-17(2)15(20)11-19-6-5-12-8-18(10-14(12)16(19)21)9-13-4-3-7-22-13;3-2(4,5)1(6)7/h3-4,7,12,14H,5-6,8-11H2,1-2H3;(H,6,7)/t12-,14-;/m0./s1. The lowest BCUT2D eigenvalue weighted by atomic mass is 9.88. The number of thiophene rings is 1. The van der Waals surface area contributed by atoms with E-state index in [1.54, 1.807) is 35.2 Å². The van der Waals surface area contributed by atoms with Crippen LogP contribution in [0.4, 0.5) is 13.2 Å². The topological polar surface area (TPSA) is 81.2 Å². The molecule has 0 spiro atoms. The largest absolute Gasteiger partial charge is 0.490 e. The van der Waals surface area contributed by atoms with Crippen molar-refractivity contribution in [3.63, 3.8) is 0 Å². The molecule has 2 amide bonds. The summed E-state index contributed by atoms with van der Waals surface area (Å²) in [4.78, 5) is 40.4. The van der Waals surface area contributed by atoms with Crippen LogP contribution in [0.25, 0.3) is 0 Å². The summed E-state index contributed by atoms with van der Waals surface area (Å²) >= 11 is 1.77. The molecular weight excluding hydrogens is 411 g/mol. The van der Waals surface area contributed by atoms with Crippen molar-refractivity contribution in [2.75, 3.05) is 40.3 Å². The first-order valence-corrected chi connectivity index (χ1v) is 9.90. The molecule has 0 saturated carbocycles. The molecule has 0 unspecified atom stereocenters. The number of carboxylic acid groups (broad SMARTS) is 1. The van der Waals surface area contributed by atoms with Gasteiger partial charge in [-0.15, -0.1) is 11.3 Å². The molecular formula is C18H24F3N3O4S. The van der Waals surface area contributed by atoms with Crippen molar-refractivity contribution in [2.45, 2.75) is 19.1 Å². The van der Waals surface area contributed by atoms with E-state index in [-0.39, 0.29) is 24.3 Å². The molecule has 162 valence electrons. The fraction of sp³-hybridized carbons (Fsp3) is 0.611. The SMILES string of the molecule is CN(C)C(=O)CN1CC[C@H]2CN(Cc3cccs3)C[C@@H]2C1=O.O=C(O)C(F)(F)F. The van der Waals surface area contributed by atoms with Gasteiger partial charge in [0.2, 0.25) is 11.8 Å². The predicted octanol–water partition coefficient (Wildman–Crippen LogP) is 1.75. The predicted molar refractivity (Wildman–Crippen MR) is 100 cm³/mol. The molecule has 1 N–H and O–H groups in total. The average molecular weight is 435 g/mol. The summed E-state index contributed by atoms with van der Waals surface area (Å²) in [6.45, 7) is 3.71. The fourth-order valence-corrected chi connectivity index (χ4v) is 4.16. The van der Waals surface area contributed by atoms with Gasteiger partial charge in [0.1, 0.15) is 0 Å². The Labute approximate surface area is 170 Å². The first-order valence-electron chi connectivity index (χ1n) is 9.02. The molecule has 2 aliphatic rings. The second-order valence-electron chi connectivity index (χ2n) is 7.28. The van der Waals surface area contributed by atoms with Gasteiger partial charge in [-0.3, -0.25) is 14.5 Å². The summed E-state index contributed by atoms with van der Waals surface area (Å²) in [5, 5.41) is 9.22. The maximum atomic E-state index is 12.6. The zero-order chi connectivity index (χ0) is 21.8. The molecule has 0 aromatic carbocycles. The number of rotatable bonds is 4. The van der Waals surface area contributed by atoms with Gasteiger partial charge >= 0.3 is 12.1 Å². The lowest BCUT2D eigenvalue weighted by molar-refractivity contribution is -0.192. The van der Waals surface area contributed by atoms with E-state index < -0.39 is 12.1 Å². The molecule has 1 aromatic rings. The minimum Gasteiger partial charge on any atom is -0.475 e. The van der Waals surface area contributed by atoms with E-state index in [1.807, 2.05) is 0 Å². The molecule has 2 fully saturated rings. The van der Waals surface area contributed by atoms with Crippen molar-refractivity contribution in [1.82, 2.24) is 14.7 Å². The lowest BCUT2D eigenvalue weighted by Crippen LogP contribution is -2.49. The maximum Gasteiger partial charge on any atom is 0.490 e. The van der Waals surface area contributed by atoms with Gasteiger partial charge in [0.25, 0.3) is 0 Å². The Morgan fingerprint density at radius 1 is 1.31 bits per heavy atom. The third kappa shape index (κ3) is 6.43. The molecule has 7 nitrogen and oxygen atoms in total. The molecule has 1 aromatic heterocycles. The summed E-state index contributed by atoms with van der Waals surface area (Å²) in [7, 11) is 3.47. The van der Waals surface area contributed by atoms with Crippen molar-refractivity contribution in [1.29, 1.82) is 0 Å². The number of amides is 2. The van der Waals surface area contributed by atoms with Gasteiger partial charge in [-0.2, -0.15) is 13.2 Å². The average Bonchev–Trinajstić information content (AvgIpc) is 3.27. The minimum atomic E-state index is -5.08. The summed E-state index contributed by atoms with van der Waals surface area (Å²) in [6, 6.07) is 4.22. The number of likely N-dealkylation sites (N-methyl/N-ethyl adjacent to an activating group) is 1. The highest BCUT2D eigenvalue weighted by molar-refractivity contribution is 7.09. The third-order valence-electron chi connectivity index (χ3n) is 4.94. The van der Waals surface area contributed by atoms with Crippen molar-refractivity contribution in [3.8, 4) is 0 Å². The van der Waals surface area contributed by atoms with Gasteiger partial charge < -0.3 is 14.9 Å². The van der Waals surface area contributed by atoms with Crippen LogP contribution in [0.5, 0.6) is 0 Å². The Kier molecular flexibility index (Phi) is 7.64. The number of carbonyl (C=O) groups excluding carboxylic acids is 2. The van der Waals surface area contributed by atoms with Crippen molar-refractivity contribution < 1.29 is 32.7 Å². The highest BCUT2D eigenvalue weighted by Gasteiger charge is 2.43. The highest BCUT2D eigenvalue weighted by Crippen LogP contribution is 2.33. The van der Waals surface area contributed by atoms with Crippen molar-refractivity contribution in [2.24, 2.45) is 11.8 Å². The third-order valence-corrected chi connectivity index (χ3v) is 5.80. The monoisotopic (exact) mass is 435 g/mol. The van der Waals surface area contributed by atoms with Crippen LogP contribution in [-0.4, -0.2) is 84.0 Å². The van der Waals surface area contributed by atoms with Gasteiger partial charge in [-0.1, -0.05) is 6.07 Å². The van der Waals surface area contributed by atoms with Crippen molar-refractivity contribution >= 4 is 29.1 Å². The van der Waals surface area contributed by atoms with E-state index in [4.69, 9.17) is 9.90 Å². The number of hydrogen-bond acceptors (Lipinski definition) is 5. The van der Waals surface area contributed by atoms with Crippen LogP contribution < -0.4 is 0 Å². The number of hydrogen-bond donors (Lipinski definition) is 1. The molecule has 0 aliphatic carbocycles. The lowest BCUT2D eigenvalue weighted by Gasteiger charge is -2.34. The van der Waals surface area contributed by atoms with E-state index in [0.717, 1.165) is 26.1 Å². The second kappa shape index (κ2) is 9.57. The fourth-order valence-electron chi connectivity index (χ4n) is 3.41. The molecule has 2 saturated heterocycles. The van der Waals surface area contributed by atoms with Gasteiger partial charge in [0.15, 0.2) is 0 Å². The first kappa shape index (κ1) is 23.1. The normalized spacial score (nSPS) is 22.0. The van der Waals surface area contributed by atoms with Crippen LogP contribution in [0, 0.1) is 11.8 Å². The van der Waals surface area contributed by atoms with E-state index in [2.05, 4.69) is 22.4 Å². The summed E-state index contributed by atoms with van der Waals surface area (Å²) in [5.74, 6) is -2.06. The van der Waals surface area contributed by atoms with Crippen molar-refractivity contribution in [3.05, 3.63) is 22.4 Å². The number of likely N-dealkylation sites (tertiary alicyclic amines) is 2. The van der Waals surface area contributed by atoms with E-state index in [0.29, 0.717) is 12.5 Å². The highest BCUT2D eigenvalue weighted by atomic mass is 32.1. The van der Waals surface area contributed by atoms with Crippen LogP contribution in [-0.2, 0) is 20.9 Å². The number of piperidine rings is 1. The second-order valence-corrected chi connectivity index (χ2v) is 8.31. The molecule has 29 heavy (non-hydrogen) atoms. The van der Waals surface area contributed by atoms with Crippen LogP contribution in [0.2, 0.25) is 0 Å². The number of carboxylic acids is 1. The van der Waals surface area contributed by atoms with E-state index in [9.17, 15) is 22.8 Å². The molecule has 2 aliphatic heterocycles. The molecule has 0 radical (unpaired) electrons. The van der Waals surface area contributed by atoms with Gasteiger partial charge in [0, 0.05) is 45.2 Å². The zero-order valence-corrected chi connectivity index (χ0v) is 17.0. The maximum absolute atomic E-state index is 12.6. The van der Waals surface area contributed by atoms with Crippen LogP contribution in [0.3, 0.4) is 0 Å². The Morgan fingerprint density at radius 3 is 2.48 bits per heavy atom. The number of aliphatic carboxylic acids is 1. The van der Waals surface area contributed by atoms with Gasteiger partial charge in [0.05, 0.1) is 12.5 Å². The number of alkyl halides is 3. The molecule has 0 bridgehead atoms. The summed E-state index contributed by atoms with van der Waals surface area (Å²) in [5.41, 5.74) is 0. The smallest absolute Gasteiger partial charge is 0.475 e. The van der Waals surface area contributed by atoms with Gasteiger partial charge in [-0.05, 0) is 23.8 Å². The molecule has 3 rings (SSSR count). The minimum absolute atomic E-state index is 0.000221. The number of fused-ring (bicyclic) bond motifs is 1.